The number of rotatable bonds is 4. The third-order valence-electron chi connectivity index (χ3n) is 4.19. The lowest BCUT2D eigenvalue weighted by Gasteiger charge is -2.17. The van der Waals surface area contributed by atoms with Crippen molar-refractivity contribution in [3.63, 3.8) is 0 Å². The lowest BCUT2D eigenvalue weighted by molar-refractivity contribution is 0.450. The molecule has 1 atom stereocenters. The minimum absolute atomic E-state index is 0.192. The van der Waals surface area contributed by atoms with Crippen molar-refractivity contribution in [3.05, 3.63) is 71.0 Å². The van der Waals surface area contributed by atoms with Crippen LogP contribution in [0.25, 0.3) is 11.0 Å². The van der Waals surface area contributed by atoms with E-state index in [1.807, 2.05) is 25.2 Å². The van der Waals surface area contributed by atoms with Gasteiger partial charge >= 0.3 is 0 Å². The fourth-order valence-corrected chi connectivity index (χ4v) is 2.89. The number of furan rings is 1. The number of para-hydroxylation sites is 1. The van der Waals surface area contributed by atoms with Crippen LogP contribution >= 0.6 is 0 Å². The Kier molecular flexibility index (Phi) is 3.80. The van der Waals surface area contributed by atoms with Crippen LogP contribution in [-0.4, -0.2) is 7.05 Å². The number of hydrogen-bond donors (Lipinski definition) is 1. The van der Waals surface area contributed by atoms with Crippen LogP contribution in [0.5, 0.6) is 0 Å². The zero-order chi connectivity index (χ0) is 14.8. The van der Waals surface area contributed by atoms with E-state index in [0.717, 1.165) is 23.2 Å². The lowest BCUT2D eigenvalue weighted by atomic mass is 9.95. The van der Waals surface area contributed by atoms with Gasteiger partial charge in [-0.3, -0.25) is 0 Å². The molecule has 1 unspecified atom stereocenters. The SMILES string of the molecule is CNC(Cc1c(C)cccc1C)c1cc2ccccc2o1. The number of benzene rings is 2. The Hall–Kier alpha value is -2.06. The average Bonchev–Trinajstić information content (AvgIpc) is 2.90. The monoisotopic (exact) mass is 279 g/mol. The molecule has 2 nitrogen and oxygen atoms in total. The molecule has 3 aromatic rings. The lowest BCUT2D eigenvalue weighted by Crippen LogP contribution is -2.19. The minimum atomic E-state index is 0.192. The highest BCUT2D eigenvalue weighted by Crippen LogP contribution is 2.27. The van der Waals surface area contributed by atoms with Crippen LogP contribution in [0.3, 0.4) is 0 Å². The number of aryl methyl sites for hydroxylation is 2. The van der Waals surface area contributed by atoms with Gasteiger partial charge in [0.1, 0.15) is 11.3 Å². The van der Waals surface area contributed by atoms with E-state index in [2.05, 4.69) is 49.5 Å². The first-order valence-corrected chi connectivity index (χ1v) is 7.40. The molecular weight excluding hydrogens is 258 g/mol. The van der Waals surface area contributed by atoms with Crippen molar-refractivity contribution in [2.45, 2.75) is 26.3 Å². The molecule has 2 aromatic carbocycles. The summed E-state index contributed by atoms with van der Waals surface area (Å²) in [5.74, 6) is 1.00. The summed E-state index contributed by atoms with van der Waals surface area (Å²) in [4.78, 5) is 0. The second kappa shape index (κ2) is 5.74. The molecule has 0 aliphatic rings. The molecule has 0 amide bonds. The van der Waals surface area contributed by atoms with Crippen LogP contribution in [0, 0.1) is 13.8 Å². The molecule has 0 spiro atoms. The molecule has 108 valence electrons. The predicted octanol–water partition coefficient (Wildman–Crippen LogP) is 4.55. The van der Waals surface area contributed by atoms with Crippen molar-refractivity contribution in [2.24, 2.45) is 0 Å². The Morgan fingerprint density at radius 3 is 2.38 bits per heavy atom. The molecule has 1 heterocycles. The van der Waals surface area contributed by atoms with Gasteiger partial charge in [-0.15, -0.1) is 0 Å². The summed E-state index contributed by atoms with van der Waals surface area (Å²) in [6.45, 7) is 4.35. The molecule has 0 saturated carbocycles. The Morgan fingerprint density at radius 2 is 1.71 bits per heavy atom. The van der Waals surface area contributed by atoms with Crippen LogP contribution in [0.1, 0.15) is 28.5 Å². The summed E-state index contributed by atoms with van der Waals surface area (Å²) in [5, 5.41) is 4.55. The molecule has 0 fully saturated rings. The minimum Gasteiger partial charge on any atom is -0.459 e. The van der Waals surface area contributed by atoms with Crippen LogP contribution in [0.4, 0.5) is 0 Å². The first kappa shape index (κ1) is 13.9. The summed E-state index contributed by atoms with van der Waals surface area (Å²) in [6.07, 6.45) is 0.939. The first-order chi connectivity index (χ1) is 10.2. The van der Waals surface area contributed by atoms with E-state index in [-0.39, 0.29) is 6.04 Å². The van der Waals surface area contributed by atoms with Crippen molar-refractivity contribution in [1.82, 2.24) is 5.32 Å². The van der Waals surface area contributed by atoms with Crippen molar-refractivity contribution in [2.75, 3.05) is 7.05 Å². The second-order valence-corrected chi connectivity index (χ2v) is 5.60. The molecular formula is C19H21NO. The molecule has 0 bridgehead atoms. The summed E-state index contributed by atoms with van der Waals surface area (Å²) in [5.41, 5.74) is 5.03. The van der Waals surface area contributed by atoms with Crippen LogP contribution < -0.4 is 5.32 Å². The predicted molar refractivity (Wildman–Crippen MR) is 87.6 cm³/mol. The zero-order valence-corrected chi connectivity index (χ0v) is 12.8. The number of likely N-dealkylation sites (N-methyl/N-ethyl adjacent to an activating group) is 1. The zero-order valence-electron chi connectivity index (χ0n) is 12.8. The Bertz CT molecular complexity index is 704. The van der Waals surface area contributed by atoms with E-state index in [9.17, 15) is 0 Å². The van der Waals surface area contributed by atoms with Gasteiger partial charge in [0.15, 0.2) is 0 Å². The van der Waals surface area contributed by atoms with E-state index < -0.39 is 0 Å². The quantitative estimate of drug-likeness (QED) is 0.757. The van der Waals surface area contributed by atoms with Gasteiger partial charge < -0.3 is 9.73 Å². The summed E-state index contributed by atoms with van der Waals surface area (Å²) >= 11 is 0. The van der Waals surface area contributed by atoms with Crippen molar-refractivity contribution >= 4 is 11.0 Å². The second-order valence-electron chi connectivity index (χ2n) is 5.60. The maximum Gasteiger partial charge on any atom is 0.134 e. The third kappa shape index (κ3) is 2.72. The largest absolute Gasteiger partial charge is 0.459 e. The molecule has 1 aromatic heterocycles. The summed E-state index contributed by atoms with van der Waals surface area (Å²) in [7, 11) is 1.99. The van der Waals surface area contributed by atoms with Crippen molar-refractivity contribution < 1.29 is 4.42 Å². The van der Waals surface area contributed by atoms with Gasteiger partial charge in [-0.1, -0.05) is 36.4 Å². The van der Waals surface area contributed by atoms with E-state index in [1.54, 1.807) is 0 Å². The number of fused-ring (bicyclic) bond motifs is 1. The van der Waals surface area contributed by atoms with Gasteiger partial charge in [0.2, 0.25) is 0 Å². The fourth-order valence-electron chi connectivity index (χ4n) is 2.89. The molecule has 0 saturated heterocycles. The van der Waals surface area contributed by atoms with E-state index >= 15 is 0 Å². The third-order valence-corrected chi connectivity index (χ3v) is 4.19. The van der Waals surface area contributed by atoms with Gasteiger partial charge in [-0.2, -0.15) is 0 Å². The highest BCUT2D eigenvalue weighted by Gasteiger charge is 2.17. The number of hydrogen-bond acceptors (Lipinski definition) is 2. The molecule has 1 N–H and O–H groups in total. The Labute approximate surface area is 125 Å². The number of nitrogens with one attached hydrogen (secondary N) is 1. The molecule has 0 aliphatic carbocycles. The van der Waals surface area contributed by atoms with Gasteiger partial charge in [-0.05, 0) is 56.1 Å². The van der Waals surface area contributed by atoms with Gasteiger partial charge in [0.05, 0.1) is 6.04 Å². The summed E-state index contributed by atoms with van der Waals surface area (Å²) in [6, 6.07) is 17.0. The maximum atomic E-state index is 6.01. The van der Waals surface area contributed by atoms with Crippen molar-refractivity contribution in [3.8, 4) is 0 Å². The van der Waals surface area contributed by atoms with E-state index in [1.165, 1.54) is 16.7 Å². The fraction of sp³-hybridized carbons (Fsp3) is 0.263. The molecule has 0 aliphatic heterocycles. The smallest absolute Gasteiger partial charge is 0.134 e. The molecule has 3 rings (SSSR count). The standard InChI is InChI=1S/C19H21NO/c1-13-7-6-8-14(2)16(13)12-17(20-3)19-11-15-9-4-5-10-18(15)21-19/h4-11,17,20H,12H2,1-3H3. The van der Waals surface area contributed by atoms with Crippen molar-refractivity contribution in [1.29, 1.82) is 0 Å². The summed E-state index contributed by atoms with van der Waals surface area (Å²) < 4.78 is 6.01. The maximum absolute atomic E-state index is 6.01. The van der Waals surface area contributed by atoms with E-state index in [0.29, 0.717) is 0 Å². The normalized spacial score (nSPS) is 12.7. The average molecular weight is 279 g/mol. The van der Waals surface area contributed by atoms with Crippen LogP contribution in [-0.2, 0) is 6.42 Å². The topological polar surface area (TPSA) is 25.2 Å². The van der Waals surface area contributed by atoms with Crippen LogP contribution in [0.2, 0.25) is 0 Å². The molecule has 0 radical (unpaired) electrons. The van der Waals surface area contributed by atoms with E-state index in [4.69, 9.17) is 4.42 Å². The highest BCUT2D eigenvalue weighted by molar-refractivity contribution is 5.77. The molecule has 21 heavy (non-hydrogen) atoms. The van der Waals surface area contributed by atoms with Gasteiger partial charge in [-0.25, -0.2) is 0 Å². The van der Waals surface area contributed by atoms with Gasteiger partial charge in [0, 0.05) is 5.39 Å². The van der Waals surface area contributed by atoms with Gasteiger partial charge in [0.25, 0.3) is 0 Å². The Morgan fingerprint density at radius 1 is 1.00 bits per heavy atom. The van der Waals surface area contributed by atoms with Crippen LogP contribution in [0.15, 0.2) is 52.9 Å². The molecule has 2 heteroatoms. The first-order valence-electron chi connectivity index (χ1n) is 7.40. The Balaban J connectivity index is 1.95. The highest BCUT2D eigenvalue weighted by atomic mass is 16.3.